The fourth-order valence-corrected chi connectivity index (χ4v) is 2.69. The van der Waals surface area contributed by atoms with Crippen molar-refractivity contribution in [3.63, 3.8) is 0 Å². The van der Waals surface area contributed by atoms with Crippen LogP contribution in [-0.4, -0.2) is 18.2 Å². The van der Waals surface area contributed by atoms with E-state index in [2.05, 4.69) is 47.3 Å². The maximum Gasteiger partial charge on any atom is 0.0483 e. The average molecular weight is 258 g/mol. The van der Waals surface area contributed by atoms with Crippen molar-refractivity contribution in [1.29, 1.82) is 0 Å². The van der Waals surface area contributed by atoms with E-state index in [4.69, 9.17) is 0 Å². The lowest BCUT2D eigenvalue weighted by molar-refractivity contribution is 0.614. The molecule has 1 N–H and O–H groups in total. The van der Waals surface area contributed by atoms with E-state index in [1.54, 1.807) is 0 Å². The fourth-order valence-electron chi connectivity index (χ4n) is 2.69. The number of hydrogen-bond acceptors (Lipinski definition) is 1. The van der Waals surface area contributed by atoms with Crippen molar-refractivity contribution in [2.75, 3.05) is 13.6 Å². The molecule has 0 aliphatic heterocycles. The molecule has 1 aromatic carbocycles. The van der Waals surface area contributed by atoms with Gasteiger partial charge in [0.2, 0.25) is 0 Å². The van der Waals surface area contributed by atoms with Gasteiger partial charge in [0, 0.05) is 23.6 Å². The van der Waals surface area contributed by atoms with Gasteiger partial charge in [-0.1, -0.05) is 38.0 Å². The Hall–Kier alpha value is -1.28. The highest BCUT2D eigenvalue weighted by Gasteiger charge is 2.07. The molecule has 0 atom stereocenters. The van der Waals surface area contributed by atoms with Crippen molar-refractivity contribution in [2.45, 2.75) is 45.6 Å². The Kier molecular flexibility index (Phi) is 5.46. The standard InChI is InChI=1S/C17H26N2/c1-3-4-7-13-19-14-15(9-8-12-18-2)16-10-5-6-11-17(16)19/h5-6,10-11,14,18H,3-4,7-9,12-13H2,1-2H3. The summed E-state index contributed by atoms with van der Waals surface area (Å²) in [5.74, 6) is 0. The molecular weight excluding hydrogens is 232 g/mol. The molecule has 0 aliphatic rings. The predicted octanol–water partition coefficient (Wildman–Crippen LogP) is 3.98. The zero-order valence-electron chi connectivity index (χ0n) is 12.3. The molecule has 104 valence electrons. The molecule has 2 rings (SSSR count). The van der Waals surface area contributed by atoms with Crippen LogP contribution in [-0.2, 0) is 13.0 Å². The van der Waals surface area contributed by atoms with Gasteiger partial charge in [0.25, 0.3) is 0 Å². The van der Waals surface area contributed by atoms with E-state index >= 15 is 0 Å². The van der Waals surface area contributed by atoms with Crippen LogP contribution in [0.25, 0.3) is 10.9 Å². The predicted molar refractivity (Wildman–Crippen MR) is 83.7 cm³/mol. The summed E-state index contributed by atoms with van der Waals surface area (Å²) in [4.78, 5) is 0. The molecule has 0 bridgehead atoms. The largest absolute Gasteiger partial charge is 0.347 e. The van der Waals surface area contributed by atoms with Crippen LogP contribution in [0.1, 0.15) is 38.2 Å². The van der Waals surface area contributed by atoms with Crippen LogP contribution in [0.15, 0.2) is 30.5 Å². The lowest BCUT2D eigenvalue weighted by Gasteiger charge is -2.03. The molecule has 0 unspecified atom stereocenters. The minimum absolute atomic E-state index is 1.09. The second-order valence-electron chi connectivity index (χ2n) is 5.28. The van der Waals surface area contributed by atoms with Crippen molar-refractivity contribution < 1.29 is 0 Å². The number of unbranched alkanes of at least 4 members (excludes halogenated alkanes) is 2. The number of aryl methyl sites for hydroxylation is 2. The van der Waals surface area contributed by atoms with Crippen LogP contribution in [0.5, 0.6) is 0 Å². The Morgan fingerprint density at radius 3 is 2.74 bits per heavy atom. The number of nitrogens with zero attached hydrogens (tertiary/aromatic N) is 1. The van der Waals surface area contributed by atoms with Gasteiger partial charge in [-0.25, -0.2) is 0 Å². The molecule has 1 aromatic heterocycles. The number of hydrogen-bond donors (Lipinski definition) is 1. The molecule has 0 amide bonds. The fraction of sp³-hybridized carbons (Fsp3) is 0.529. The SMILES string of the molecule is CCCCCn1cc(CCCNC)c2ccccc21. The first-order valence-electron chi connectivity index (χ1n) is 7.58. The molecule has 2 aromatic rings. The highest BCUT2D eigenvalue weighted by Crippen LogP contribution is 2.23. The first kappa shape index (κ1) is 14.1. The zero-order chi connectivity index (χ0) is 13.5. The van der Waals surface area contributed by atoms with Gasteiger partial charge in [-0.3, -0.25) is 0 Å². The van der Waals surface area contributed by atoms with Crippen molar-refractivity contribution in [1.82, 2.24) is 9.88 Å². The van der Waals surface area contributed by atoms with Gasteiger partial charge < -0.3 is 9.88 Å². The number of benzene rings is 1. The number of fused-ring (bicyclic) bond motifs is 1. The Labute approximate surface area is 116 Å². The maximum absolute atomic E-state index is 3.23. The van der Waals surface area contributed by atoms with Crippen molar-refractivity contribution in [3.05, 3.63) is 36.0 Å². The van der Waals surface area contributed by atoms with Crippen molar-refractivity contribution >= 4 is 10.9 Å². The highest BCUT2D eigenvalue weighted by atomic mass is 15.0. The van der Waals surface area contributed by atoms with Gasteiger partial charge in [-0.15, -0.1) is 0 Å². The van der Waals surface area contributed by atoms with Gasteiger partial charge in [0.1, 0.15) is 0 Å². The molecule has 0 spiro atoms. The number of aromatic nitrogens is 1. The Balaban J connectivity index is 2.16. The molecule has 0 saturated heterocycles. The normalized spacial score (nSPS) is 11.3. The smallest absolute Gasteiger partial charge is 0.0483 e. The van der Waals surface area contributed by atoms with E-state index in [1.807, 2.05) is 7.05 Å². The van der Waals surface area contributed by atoms with E-state index in [0.29, 0.717) is 0 Å². The summed E-state index contributed by atoms with van der Waals surface area (Å²) in [5, 5.41) is 4.67. The second kappa shape index (κ2) is 7.34. The molecule has 0 aliphatic carbocycles. The van der Waals surface area contributed by atoms with Crippen LogP contribution in [0, 0.1) is 0 Å². The Morgan fingerprint density at radius 2 is 1.95 bits per heavy atom. The molecule has 1 heterocycles. The summed E-state index contributed by atoms with van der Waals surface area (Å²) in [6.07, 6.45) is 8.64. The molecule has 19 heavy (non-hydrogen) atoms. The van der Waals surface area contributed by atoms with Gasteiger partial charge in [0.05, 0.1) is 0 Å². The molecule has 2 heteroatoms. The first-order valence-corrected chi connectivity index (χ1v) is 7.58. The Morgan fingerprint density at radius 1 is 1.11 bits per heavy atom. The van der Waals surface area contributed by atoms with Gasteiger partial charge in [0.15, 0.2) is 0 Å². The molecular formula is C17H26N2. The minimum Gasteiger partial charge on any atom is -0.347 e. The third kappa shape index (κ3) is 3.60. The summed E-state index contributed by atoms with van der Waals surface area (Å²) in [5.41, 5.74) is 2.90. The van der Waals surface area contributed by atoms with Crippen LogP contribution in [0.2, 0.25) is 0 Å². The van der Waals surface area contributed by atoms with E-state index in [9.17, 15) is 0 Å². The topological polar surface area (TPSA) is 17.0 Å². The summed E-state index contributed by atoms with van der Waals surface area (Å²) in [6.45, 7) is 4.51. The lowest BCUT2D eigenvalue weighted by atomic mass is 10.1. The third-order valence-corrected chi connectivity index (χ3v) is 3.75. The quantitative estimate of drug-likeness (QED) is 0.709. The molecule has 2 nitrogen and oxygen atoms in total. The van der Waals surface area contributed by atoms with E-state index in [1.165, 1.54) is 48.6 Å². The monoisotopic (exact) mass is 258 g/mol. The summed E-state index contributed by atoms with van der Waals surface area (Å²) >= 11 is 0. The van der Waals surface area contributed by atoms with Crippen LogP contribution < -0.4 is 5.32 Å². The minimum atomic E-state index is 1.09. The van der Waals surface area contributed by atoms with Gasteiger partial charge in [-0.05, 0) is 44.5 Å². The number of nitrogens with one attached hydrogen (secondary N) is 1. The van der Waals surface area contributed by atoms with Crippen LogP contribution in [0.3, 0.4) is 0 Å². The molecule has 0 fully saturated rings. The summed E-state index contributed by atoms with van der Waals surface area (Å²) < 4.78 is 2.44. The number of rotatable bonds is 8. The van der Waals surface area contributed by atoms with Gasteiger partial charge >= 0.3 is 0 Å². The summed E-state index contributed by atoms with van der Waals surface area (Å²) in [7, 11) is 2.02. The lowest BCUT2D eigenvalue weighted by Crippen LogP contribution is -2.08. The third-order valence-electron chi connectivity index (χ3n) is 3.75. The maximum atomic E-state index is 3.23. The molecule has 0 radical (unpaired) electrons. The highest BCUT2D eigenvalue weighted by molar-refractivity contribution is 5.83. The van der Waals surface area contributed by atoms with Crippen molar-refractivity contribution in [2.24, 2.45) is 0 Å². The number of para-hydroxylation sites is 1. The summed E-state index contributed by atoms with van der Waals surface area (Å²) in [6, 6.07) is 8.82. The van der Waals surface area contributed by atoms with E-state index in [0.717, 1.165) is 13.1 Å². The van der Waals surface area contributed by atoms with Gasteiger partial charge in [-0.2, -0.15) is 0 Å². The van der Waals surface area contributed by atoms with Crippen LogP contribution in [0.4, 0.5) is 0 Å². The van der Waals surface area contributed by atoms with Crippen LogP contribution >= 0.6 is 0 Å². The average Bonchev–Trinajstić information content (AvgIpc) is 2.79. The van der Waals surface area contributed by atoms with E-state index < -0.39 is 0 Å². The van der Waals surface area contributed by atoms with E-state index in [-0.39, 0.29) is 0 Å². The molecule has 0 saturated carbocycles. The second-order valence-corrected chi connectivity index (χ2v) is 5.28. The van der Waals surface area contributed by atoms with Crippen molar-refractivity contribution in [3.8, 4) is 0 Å². The first-order chi connectivity index (χ1) is 9.36. The Bertz CT molecular complexity index is 455. The zero-order valence-corrected chi connectivity index (χ0v) is 12.3.